The molecule has 0 aliphatic carbocycles. The molecule has 4 nitrogen and oxygen atoms in total. The molecule has 0 fully saturated rings. The lowest BCUT2D eigenvalue weighted by Crippen LogP contribution is -2.19. The number of hydrogen-bond acceptors (Lipinski definition) is 5. The topological polar surface area (TPSA) is 52.8 Å². The first-order chi connectivity index (χ1) is 8.61. The quantitative estimate of drug-likeness (QED) is 0.849. The van der Waals surface area contributed by atoms with Gasteiger partial charge in [0.1, 0.15) is 11.9 Å². The largest absolute Gasteiger partial charge is 0.353 e. The minimum Gasteiger partial charge on any atom is -0.353 e. The zero-order valence-electron chi connectivity index (χ0n) is 10.6. The van der Waals surface area contributed by atoms with E-state index in [2.05, 4.69) is 16.0 Å². The predicted octanol–water partition coefficient (Wildman–Crippen LogP) is 2.66. The van der Waals surface area contributed by atoms with Crippen LogP contribution in [0.5, 0.6) is 0 Å². The number of nitriles is 1. The van der Waals surface area contributed by atoms with Gasteiger partial charge in [-0.2, -0.15) is 5.26 Å². The summed E-state index contributed by atoms with van der Waals surface area (Å²) < 4.78 is 0. The van der Waals surface area contributed by atoms with E-state index in [1.165, 1.54) is 0 Å². The number of anilines is 1. The summed E-state index contributed by atoms with van der Waals surface area (Å²) in [6, 6.07) is 4.06. The van der Waals surface area contributed by atoms with Crippen LogP contribution in [0.25, 0.3) is 0 Å². The van der Waals surface area contributed by atoms with Gasteiger partial charge in [-0.1, -0.05) is 0 Å². The standard InChI is InChI=1S/C13H14N4S/c1-9-4-5-15-13(12(9)6-14)17(3)7-11-8-18-10(2)16-11/h4-5,8H,7H2,1-3H3. The summed E-state index contributed by atoms with van der Waals surface area (Å²) in [7, 11) is 1.93. The Labute approximate surface area is 111 Å². The minimum atomic E-state index is 0.631. The summed E-state index contributed by atoms with van der Waals surface area (Å²) >= 11 is 1.63. The highest BCUT2D eigenvalue weighted by molar-refractivity contribution is 7.09. The summed E-state index contributed by atoms with van der Waals surface area (Å²) in [6.45, 7) is 4.57. The highest BCUT2D eigenvalue weighted by atomic mass is 32.1. The molecule has 0 unspecified atom stereocenters. The van der Waals surface area contributed by atoms with Crippen molar-refractivity contribution in [3.63, 3.8) is 0 Å². The van der Waals surface area contributed by atoms with Crippen LogP contribution < -0.4 is 4.90 Å². The molecule has 2 aromatic heterocycles. The van der Waals surface area contributed by atoms with E-state index in [4.69, 9.17) is 0 Å². The molecule has 0 atom stereocenters. The Morgan fingerprint density at radius 3 is 2.83 bits per heavy atom. The Hall–Kier alpha value is -1.93. The van der Waals surface area contributed by atoms with Crippen molar-refractivity contribution in [3.8, 4) is 6.07 Å². The number of rotatable bonds is 3. The molecule has 0 N–H and O–H groups in total. The molecule has 0 saturated carbocycles. The number of pyridine rings is 1. The lowest BCUT2D eigenvalue weighted by atomic mass is 10.1. The fourth-order valence-corrected chi connectivity index (χ4v) is 2.37. The van der Waals surface area contributed by atoms with E-state index in [0.29, 0.717) is 17.9 Å². The van der Waals surface area contributed by atoms with Gasteiger partial charge in [0.05, 0.1) is 22.8 Å². The first kappa shape index (κ1) is 12.5. The monoisotopic (exact) mass is 258 g/mol. The molecule has 0 radical (unpaired) electrons. The summed E-state index contributed by atoms with van der Waals surface area (Å²) in [4.78, 5) is 10.7. The number of hydrogen-bond donors (Lipinski definition) is 0. The maximum Gasteiger partial charge on any atom is 0.146 e. The maximum absolute atomic E-state index is 9.19. The summed E-state index contributed by atoms with van der Waals surface area (Å²) in [5.74, 6) is 0.711. The molecule has 5 heteroatoms. The zero-order chi connectivity index (χ0) is 13.1. The lowest BCUT2D eigenvalue weighted by molar-refractivity contribution is 0.866. The molecular formula is C13H14N4S. The third-order valence-corrected chi connectivity index (χ3v) is 3.50. The van der Waals surface area contributed by atoms with Crippen LogP contribution in [0.15, 0.2) is 17.6 Å². The predicted molar refractivity (Wildman–Crippen MR) is 72.6 cm³/mol. The van der Waals surface area contributed by atoms with Crippen LogP contribution in [0.1, 0.15) is 21.8 Å². The Balaban J connectivity index is 2.27. The van der Waals surface area contributed by atoms with Gasteiger partial charge in [0.25, 0.3) is 0 Å². The minimum absolute atomic E-state index is 0.631. The molecule has 0 amide bonds. The SMILES string of the molecule is Cc1nc(CN(C)c2nccc(C)c2C#N)cs1. The van der Waals surface area contributed by atoms with Crippen LogP contribution in [0.2, 0.25) is 0 Å². The van der Waals surface area contributed by atoms with Gasteiger partial charge in [0.15, 0.2) is 0 Å². The molecule has 0 bridgehead atoms. The molecule has 2 heterocycles. The molecule has 18 heavy (non-hydrogen) atoms. The van der Waals surface area contributed by atoms with Crippen molar-refractivity contribution in [2.45, 2.75) is 20.4 Å². The van der Waals surface area contributed by atoms with Crippen molar-refractivity contribution in [3.05, 3.63) is 39.5 Å². The third kappa shape index (κ3) is 2.49. The molecule has 0 aromatic carbocycles. The number of thiazole rings is 1. The Bertz CT molecular complexity index is 597. The van der Waals surface area contributed by atoms with E-state index < -0.39 is 0 Å². The first-order valence-electron chi connectivity index (χ1n) is 5.59. The molecule has 0 saturated heterocycles. The molecule has 2 rings (SSSR count). The van der Waals surface area contributed by atoms with Crippen LogP contribution >= 0.6 is 11.3 Å². The Morgan fingerprint density at radius 2 is 2.22 bits per heavy atom. The molecule has 92 valence electrons. The van der Waals surface area contributed by atoms with Gasteiger partial charge in [-0.25, -0.2) is 9.97 Å². The van der Waals surface area contributed by atoms with Gasteiger partial charge < -0.3 is 4.90 Å². The smallest absolute Gasteiger partial charge is 0.146 e. The Morgan fingerprint density at radius 1 is 1.44 bits per heavy atom. The maximum atomic E-state index is 9.19. The zero-order valence-corrected chi connectivity index (χ0v) is 11.5. The summed E-state index contributed by atoms with van der Waals surface area (Å²) in [6.07, 6.45) is 1.73. The third-order valence-electron chi connectivity index (χ3n) is 2.68. The summed E-state index contributed by atoms with van der Waals surface area (Å²) in [5.41, 5.74) is 2.59. The van der Waals surface area contributed by atoms with Crippen LogP contribution in [-0.4, -0.2) is 17.0 Å². The van der Waals surface area contributed by atoms with Crippen LogP contribution in [0, 0.1) is 25.2 Å². The number of aryl methyl sites for hydroxylation is 2. The van der Waals surface area contributed by atoms with Crippen LogP contribution in [0.4, 0.5) is 5.82 Å². The molecule has 2 aromatic rings. The van der Waals surface area contributed by atoms with Crippen molar-refractivity contribution in [2.24, 2.45) is 0 Å². The fourth-order valence-electron chi connectivity index (χ4n) is 1.77. The van der Waals surface area contributed by atoms with Crippen molar-refractivity contribution in [1.82, 2.24) is 9.97 Å². The highest BCUT2D eigenvalue weighted by Crippen LogP contribution is 2.20. The van der Waals surface area contributed by atoms with E-state index in [1.54, 1.807) is 17.5 Å². The van der Waals surface area contributed by atoms with Crippen molar-refractivity contribution >= 4 is 17.2 Å². The van der Waals surface area contributed by atoms with Crippen molar-refractivity contribution < 1.29 is 0 Å². The molecule has 0 spiro atoms. The molecule has 0 aliphatic heterocycles. The van der Waals surface area contributed by atoms with Gasteiger partial charge in [-0.15, -0.1) is 11.3 Å². The van der Waals surface area contributed by atoms with E-state index >= 15 is 0 Å². The average molecular weight is 258 g/mol. The average Bonchev–Trinajstić information content (AvgIpc) is 2.74. The number of aromatic nitrogens is 2. The first-order valence-corrected chi connectivity index (χ1v) is 6.47. The second-order valence-corrected chi connectivity index (χ2v) is 5.21. The highest BCUT2D eigenvalue weighted by Gasteiger charge is 2.12. The molecule has 0 aliphatic rings. The van der Waals surface area contributed by atoms with Crippen LogP contribution in [0.3, 0.4) is 0 Å². The van der Waals surface area contributed by atoms with E-state index in [0.717, 1.165) is 16.3 Å². The normalized spacial score (nSPS) is 10.1. The van der Waals surface area contributed by atoms with E-state index in [1.807, 2.05) is 37.2 Å². The van der Waals surface area contributed by atoms with Crippen LogP contribution in [-0.2, 0) is 6.54 Å². The van der Waals surface area contributed by atoms with Gasteiger partial charge in [-0.3, -0.25) is 0 Å². The van der Waals surface area contributed by atoms with E-state index in [9.17, 15) is 5.26 Å². The fraction of sp³-hybridized carbons (Fsp3) is 0.308. The summed E-state index contributed by atoms with van der Waals surface area (Å²) in [5, 5.41) is 12.3. The second kappa shape index (κ2) is 5.15. The Kier molecular flexibility index (Phi) is 3.58. The van der Waals surface area contributed by atoms with Crippen molar-refractivity contribution in [1.29, 1.82) is 5.26 Å². The molecular weight excluding hydrogens is 244 g/mol. The van der Waals surface area contributed by atoms with Gasteiger partial charge in [-0.05, 0) is 25.5 Å². The number of nitrogens with zero attached hydrogens (tertiary/aromatic N) is 4. The van der Waals surface area contributed by atoms with Gasteiger partial charge >= 0.3 is 0 Å². The van der Waals surface area contributed by atoms with Crippen molar-refractivity contribution in [2.75, 3.05) is 11.9 Å². The van der Waals surface area contributed by atoms with Gasteiger partial charge in [0.2, 0.25) is 0 Å². The second-order valence-electron chi connectivity index (χ2n) is 4.15. The lowest BCUT2D eigenvalue weighted by Gasteiger charge is -2.18. The van der Waals surface area contributed by atoms with Gasteiger partial charge in [0, 0.05) is 18.6 Å². The van der Waals surface area contributed by atoms with E-state index in [-0.39, 0.29) is 0 Å².